The van der Waals surface area contributed by atoms with Crippen LogP contribution in [0.4, 0.5) is 0 Å². The molecule has 0 aromatic rings. The summed E-state index contributed by atoms with van der Waals surface area (Å²) >= 11 is 0. The second-order valence-corrected chi connectivity index (χ2v) is 10.5. The van der Waals surface area contributed by atoms with Gasteiger partial charge in [0.2, 0.25) is 17.7 Å². The second kappa shape index (κ2) is 8.60. The maximum Gasteiger partial charge on any atom is 0.246 e. The minimum Gasteiger partial charge on any atom is -0.394 e. The number of amides is 3. The number of ether oxygens (including phenoxy) is 1. The highest BCUT2D eigenvalue weighted by molar-refractivity contribution is 5.99. The monoisotopic (exact) mass is 449 g/mol. The van der Waals surface area contributed by atoms with Gasteiger partial charge in [0.15, 0.2) is 0 Å². The molecular formula is C24H39N3O5. The Hall–Kier alpha value is -1.67. The summed E-state index contributed by atoms with van der Waals surface area (Å²) in [4.78, 5) is 42.3. The first-order valence-corrected chi connectivity index (χ1v) is 12.4. The minimum absolute atomic E-state index is 0.0417. The Morgan fingerprint density at radius 2 is 1.88 bits per heavy atom. The third kappa shape index (κ3) is 3.28. The summed E-state index contributed by atoms with van der Waals surface area (Å²) in [5.74, 6) is -2.00. The lowest BCUT2D eigenvalue weighted by atomic mass is 9.65. The average Bonchev–Trinajstić information content (AvgIpc) is 3.38. The second-order valence-electron chi connectivity index (χ2n) is 10.5. The molecule has 1 saturated carbocycles. The normalized spacial score (nSPS) is 37.6. The van der Waals surface area contributed by atoms with Gasteiger partial charge in [-0.3, -0.25) is 14.4 Å². The summed E-state index contributed by atoms with van der Waals surface area (Å²) in [7, 11) is 1.58. The standard InChI is InChI=1S/C24H39N3O5/c1-5-23-11-12-24(32-23)18(17(23)20(29)25-4)22(31)27(16(13-28)14(2)3)19(24)21(30)26-15-9-7-6-8-10-15/h14-19,28H,5-13H2,1-4H3,(H,25,29)(H,26,30)/t16-,17+,18-,19?,23-,24?/m0/s1. The number of likely N-dealkylation sites (tertiary alicyclic amines) is 1. The van der Waals surface area contributed by atoms with Crippen LogP contribution >= 0.6 is 0 Å². The van der Waals surface area contributed by atoms with Crippen molar-refractivity contribution in [2.24, 2.45) is 17.8 Å². The molecule has 0 aromatic carbocycles. The van der Waals surface area contributed by atoms with E-state index in [4.69, 9.17) is 4.74 Å². The molecule has 6 atom stereocenters. The first kappa shape index (κ1) is 23.5. The van der Waals surface area contributed by atoms with Gasteiger partial charge < -0.3 is 25.4 Å². The van der Waals surface area contributed by atoms with E-state index >= 15 is 0 Å². The quantitative estimate of drug-likeness (QED) is 0.544. The van der Waals surface area contributed by atoms with E-state index in [9.17, 15) is 19.5 Å². The van der Waals surface area contributed by atoms with Gasteiger partial charge in [-0.1, -0.05) is 40.0 Å². The molecule has 3 aliphatic heterocycles. The van der Waals surface area contributed by atoms with Gasteiger partial charge in [-0.25, -0.2) is 0 Å². The predicted octanol–water partition coefficient (Wildman–Crippen LogP) is 1.35. The van der Waals surface area contributed by atoms with Crippen LogP contribution in [0, 0.1) is 17.8 Å². The van der Waals surface area contributed by atoms with Gasteiger partial charge in [-0.05, 0) is 38.0 Å². The number of hydrogen-bond donors (Lipinski definition) is 3. The van der Waals surface area contributed by atoms with E-state index in [-0.39, 0.29) is 36.3 Å². The van der Waals surface area contributed by atoms with Gasteiger partial charge in [-0.15, -0.1) is 0 Å². The number of aliphatic hydroxyl groups is 1. The Morgan fingerprint density at radius 1 is 1.19 bits per heavy atom. The maximum absolute atomic E-state index is 13.9. The van der Waals surface area contributed by atoms with Crippen molar-refractivity contribution in [1.82, 2.24) is 15.5 Å². The van der Waals surface area contributed by atoms with Crippen molar-refractivity contribution in [3.8, 4) is 0 Å². The Labute approximate surface area is 190 Å². The number of nitrogens with one attached hydrogen (secondary N) is 2. The van der Waals surface area contributed by atoms with Crippen molar-refractivity contribution in [3.63, 3.8) is 0 Å². The summed E-state index contributed by atoms with van der Waals surface area (Å²) in [6.45, 7) is 5.64. The molecule has 3 saturated heterocycles. The van der Waals surface area contributed by atoms with Crippen molar-refractivity contribution >= 4 is 17.7 Å². The number of rotatable bonds is 7. The SMILES string of the molecule is CC[C@@]12CCC3(O1)C(C(=O)NC1CCCCC1)N([C@@H](CO)C(C)C)C(=O)[C@@H]3[C@@H]2C(=O)NC. The summed E-state index contributed by atoms with van der Waals surface area (Å²) in [5, 5.41) is 16.1. The first-order valence-electron chi connectivity index (χ1n) is 12.4. The van der Waals surface area contributed by atoms with E-state index < -0.39 is 35.1 Å². The van der Waals surface area contributed by atoms with Crippen LogP contribution in [0.1, 0.15) is 72.1 Å². The van der Waals surface area contributed by atoms with E-state index in [1.807, 2.05) is 20.8 Å². The van der Waals surface area contributed by atoms with Crippen molar-refractivity contribution in [2.45, 2.75) is 101 Å². The molecule has 180 valence electrons. The molecule has 8 nitrogen and oxygen atoms in total. The number of nitrogens with zero attached hydrogens (tertiary/aromatic N) is 1. The van der Waals surface area contributed by atoms with E-state index in [0.29, 0.717) is 19.3 Å². The zero-order chi connectivity index (χ0) is 23.3. The topological polar surface area (TPSA) is 108 Å². The van der Waals surface area contributed by atoms with Gasteiger partial charge in [-0.2, -0.15) is 0 Å². The number of carbonyl (C=O) groups is 3. The van der Waals surface area contributed by atoms with E-state index in [1.54, 1.807) is 11.9 Å². The van der Waals surface area contributed by atoms with Crippen LogP contribution in [-0.2, 0) is 19.1 Å². The lowest BCUT2D eigenvalue weighted by Crippen LogP contribution is -2.60. The van der Waals surface area contributed by atoms with E-state index in [0.717, 1.165) is 25.7 Å². The number of hydrogen-bond acceptors (Lipinski definition) is 5. The van der Waals surface area contributed by atoms with Crippen molar-refractivity contribution in [1.29, 1.82) is 0 Å². The molecule has 0 radical (unpaired) electrons. The number of carbonyl (C=O) groups excluding carboxylic acids is 3. The molecule has 4 fully saturated rings. The zero-order valence-corrected chi connectivity index (χ0v) is 19.9. The summed E-state index contributed by atoms with van der Waals surface area (Å²) in [5.41, 5.74) is -1.74. The third-order valence-corrected chi connectivity index (χ3v) is 8.66. The van der Waals surface area contributed by atoms with Gasteiger partial charge in [0.1, 0.15) is 11.6 Å². The van der Waals surface area contributed by atoms with E-state index in [2.05, 4.69) is 10.6 Å². The van der Waals surface area contributed by atoms with Gasteiger partial charge in [0.05, 0.1) is 30.1 Å². The molecular weight excluding hydrogens is 410 g/mol. The highest BCUT2D eigenvalue weighted by Crippen LogP contribution is 2.64. The highest BCUT2D eigenvalue weighted by Gasteiger charge is 2.79. The summed E-state index contributed by atoms with van der Waals surface area (Å²) < 4.78 is 6.69. The van der Waals surface area contributed by atoms with Gasteiger partial charge in [0.25, 0.3) is 0 Å². The molecule has 3 N–H and O–H groups in total. The highest BCUT2D eigenvalue weighted by atomic mass is 16.5. The number of fused-ring (bicyclic) bond motifs is 1. The maximum atomic E-state index is 13.9. The van der Waals surface area contributed by atoms with Crippen LogP contribution in [0.25, 0.3) is 0 Å². The van der Waals surface area contributed by atoms with Crippen LogP contribution < -0.4 is 10.6 Å². The lowest BCUT2D eigenvalue weighted by Gasteiger charge is -2.39. The molecule has 3 amide bonds. The Balaban J connectivity index is 1.76. The fourth-order valence-electron chi connectivity index (χ4n) is 7.01. The van der Waals surface area contributed by atoms with Crippen LogP contribution in [-0.4, -0.2) is 70.7 Å². The van der Waals surface area contributed by atoms with Crippen LogP contribution in [0.3, 0.4) is 0 Å². The van der Waals surface area contributed by atoms with Crippen molar-refractivity contribution in [2.75, 3.05) is 13.7 Å². The average molecular weight is 450 g/mol. The third-order valence-electron chi connectivity index (χ3n) is 8.66. The van der Waals surface area contributed by atoms with Crippen LogP contribution in [0.5, 0.6) is 0 Å². The zero-order valence-electron chi connectivity index (χ0n) is 19.9. The molecule has 2 bridgehead atoms. The molecule has 32 heavy (non-hydrogen) atoms. The van der Waals surface area contributed by atoms with Gasteiger partial charge >= 0.3 is 0 Å². The summed E-state index contributed by atoms with van der Waals surface area (Å²) in [6.07, 6.45) is 7.08. The molecule has 2 unspecified atom stereocenters. The largest absolute Gasteiger partial charge is 0.394 e. The minimum atomic E-state index is -1.02. The first-order chi connectivity index (χ1) is 15.3. The smallest absolute Gasteiger partial charge is 0.246 e. The molecule has 1 aliphatic carbocycles. The Bertz CT molecular complexity index is 767. The van der Waals surface area contributed by atoms with Crippen LogP contribution in [0.2, 0.25) is 0 Å². The van der Waals surface area contributed by atoms with Crippen molar-refractivity contribution < 1.29 is 24.2 Å². The van der Waals surface area contributed by atoms with Gasteiger partial charge in [0, 0.05) is 13.1 Å². The van der Waals surface area contributed by atoms with Crippen molar-refractivity contribution in [3.05, 3.63) is 0 Å². The Morgan fingerprint density at radius 3 is 2.44 bits per heavy atom. The van der Waals surface area contributed by atoms with E-state index in [1.165, 1.54) is 6.42 Å². The molecule has 4 rings (SSSR count). The fourth-order valence-corrected chi connectivity index (χ4v) is 7.01. The lowest BCUT2D eigenvalue weighted by molar-refractivity contribution is -0.152. The molecule has 0 aromatic heterocycles. The molecule has 4 aliphatic rings. The predicted molar refractivity (Wildman–Crippen MR) is 118 cm³/mol. The molecule has 1 spiro atoms. The number of aliphatic hydroxyl groups excluding tert-OH is 1. The molecule has 8 heteroatoms. The molecule has 3 heterocycles. The Kier molecular flexibility index (Phi) is 6.31. The fraction of sp³-hybridized carbons (Fsp3) is 0.875. The summed E-state index contributed by atoms with van der Waals surface area (Å²) in [6, 6.07) is -1.23. The van der Waals surface area contributed by atoms with Crippen LogP contribution in [0.15, 0.2) is 0 Å².